The standard InChI is InChI=1S/C8H18N2O/c1-10(9)6-8(11-2)7-4-3-5-7/h7-8H,3-6,9H2,1-2H3. The Bertz CT molecular complexity index is 113. The third kappa shape index (κ3) is 2.43. The van der Waals surface area contributed by atoms with Gasteiger partial charge < -0.3 is 4.74 Å². The van der Waals surface area contributed by atoms with Crippen molar-refractivity contribution in [3.8, 4) is 0 Å². The van der Waals surface area contributed by atoms with E-state index in [9.17, 15) is 0 Å². The molecule has 0 radical (unpaired) electrons. The maximum atomic E-state index is 5.54. The van der Waals surface area contributed by atoms with Crippen molar-refractivity contribution in [2.75, 3.05) is 20.7 Å². The number of hydrazine groups is 1. The molecule has 0 aromatic rings. The van der Waals surface area contributed by atoms with E-state index in [0.717, 1.165) is 12.5 Å². The summed E-state index contributed by atoms with van der Waals surface area (Å²) < 4.78 is 5.34. The van der Waals surface area contributed by atoms with Crippen molar-refractivity contribution >= 4 is 0 Å². The SMILES string of the molecule is COC(CN(C)N)C1CCC1. The molecule has 1 unspecified atom stereocenters. The fourth-order valence-electron chi connectivity index (χ4n) is 1.51. The quantitative estimate of drug-likeness (QED) is 0.481. The molecule has 1 rings (SSSR count). The molecule has 1 aliphatic carbocycles. The summed E-state index contributed by atoms with van der Waals surface area (Å²) in [7, 11) is 3.65. The van der Waals surface area contributed by atoms with Crippen molar-refractivity contribution in [2.45, 2.75) is 25.4 Å². The maximum absolute atomic E-state index is 5.54. The van der Waals surface area contributed by atoms with Gasteiger partial charge in [-0.25, -0.2) is 5.01 Å². The Kier molecular flexibility index (Phi) is 3.30. The highest BCUT2D eigenvalue weighted by atomic mass is 16.5. The fourth-order valence-corrected chi connectivity index (χ4v) is 1.51. The number of rotatable bonds is 4. The molecule has 0 amide bonds. The van der Waals surface area contributed by atoms with Gasteiger partial charge in [0.1, 0.15) is 0 Å². The van der Waals surface area contributed by atoms with Gasteiger partial charge in [-0.05, 0) is 18.8 Å². The number of hydrogen-bond acceptors (Lipinski definition) is 3. The maximum Gasteiger partial charge on any atom is 0.0740 e. The Balaban J connectivity index is 2.23. The first-order valence-corrected chi connectivity index (χ1v) is 4.22. The second-order valence-corrected chi connectivity index (χ2v) is 3.40. The van der Waals surface area contributed by atoms with Gasteiger partial charge in [0, 0.05) is 20.7 Å². The van der Waals surface area contributed by atoms with Gasteiger partial charge >= 0.3 is 0 Å². The highest BCUT2D eigenvalue weighted by Crippen LogP contribution is 2.30. The topological polar surface area (TPSA) is 38.5 Å². The van der Waals surface area contributed by atoms with Crippen molar-refractivity contribution in [3.05, 3.63) is 0 Å². The first kappa shape index (κ1) is 8.97. The zero-order valence-electron chi connectivity index (χ0n) is 7.42. The van der Waals surface area contributed by atoms with E-state index in [4.69, 9.17) is 10.6 Å². The van der Waals surface area contributed by atoms with Gasteiger partial charge in [0.2, 0.25) is 0 Å². The number of hydrogen-bond donors (Lipinski definition) is 1. The van der Waals surface area contributed by atoms with Gasteiger partial charge in [-0.2, -0.15) is 0 Å². The average molecular weight is 158 g/mol. The van der Waals surface area contributed by atoms with E-state index < -0.39 is 0 Å². The second kappa shape index (κ2) is 4.04. The molecule has 11 heavy (non-hydrogen) atoms. The van der Waals surface area contributed by atoms with E-state index in [1.54, 1.807) is 12.1 Å². The molecule has 0 heterocycles. The van der Waals surface area contributed by atoms with Crippen LogP contribution in [-0.4, -0.2) is 31.8 Å². The largest absolute Gasteiger partial charge is 0.380 e. The Hall–Kier alpha value is -0.120. The lowest BCUT2D eigenvalue weighted by Gasteiger charge is -2.33. The first-order chi connectivity index (χ1) is 5.24. The molecule has 1 fully saturated rings. The molecular weight excluding hydrogens is 140 g/mol. The van der Waals surface area contributed by atoms with Crippen LogP contribution in [0.4, 0.5) is 0 Å². The summed E-state index contributed by atoms with van der Waals surface area (Å²) in [6.07, 6.45) is 4.33. The van der Waals surface area contributed by atoms with Crippen LogP contribution in [0.25, 0.3) is 0 Å². The van der Waals surface area contributed by atoms with E-state index in [2.05, 4.69) is 0 Å². The summed E-state index contributed by atoms with van der Waals surface area (Å²) in [6.45, 7) is 0.848. The molecule has 3 heteroatoms. The molecule has 0 aliphatic heterocycles. The molecule has 2 N–H and O–H groups in total. The summed E-state index contributed by atoms with van der Waals surface area (Å²) in [5.41, 5.74) is 0. The average Bonchev–Trinajstić information content (AvgIpc) is 1.81. The molecule has 1 atom stereocenters. The second-order valence-electron chi connectivity index (χ2n) is 3.40. The van der Waals surface area contributed by atoms with Gasteiger partial charge in [0.05, 0.1) is 6.10 Å². The van der Waals surface area contributed by atoms with E-state index in [0.29, 0.717) is 6.10 Å². The zero-order chi connectivity index (χ0) is 8.27. The Morgan fingerprint density at radius 3 is 2.55 bits per heavy atom. The Morgan fingerprint density at radius 1 is 1.64 bits per heavy atom. The lowest BCUT2D eigenvalue weighted by Crippen LogP contribution is -2.41. The van der Waals surface area contributed by atoms with E-state index in [1.165, 1.54) is 19.3 Å². The van der Waals surface area contributed by atoms with Crippen LogP contribution in [0.15, 0.2) is 0 Å². The summed E-state index contributed by atoms with van der Waals surface area (Å²) in [4.78, 5) is 0. The van der Waals surface area contributed by atoms with Gasteiger partial charge in [0.25, 0.3) is 0 Å². The van der Waals surface area contributed by atoms with Crippen molar-refractivity contribution in [3.63, 3.8) is 0 Å². The summed E-state index contributed by atoms with van der Waals surface area (Å²) in [5.74, 6) is 6.29. The third-order valence-corrected chi connectivity index (χ3v) is 2.45. The van der Waals surface area contributed by atoms with Gasteiger partial charge in [-0.3, -0.25) is 5.84 Å². The van der Waals surface area contributed by atoms with E-state index in [-0.39, 0.29) is 0 Å². The molecule has 0 bridgehead atoms. The van der Waals surface area contributed by atoms with Crippen LogP contribution in [-0.2, 0) is 4.74 Å². The number of nitrogens with two attached hydrogens (primary N) is 1. The van der Waals surface area contributed by atoms with Crippen LogP contribution in [0.3, 0.4) is 0 Å². The molecule has 3 nitrogen and oxygen atoms in total. The normalized spacial score (nSPS) is 21.8. The molecule has 66 valence electrons. The van der Waals surface area contributed by atoms with Crippen LogP contribution in [0.1, 0.15) is 19.3 Å². The van der Waals surface area contributed by atoms with Crippen molar-refractivity contribution in [1.29, 1.82) is 0 Å². The van der Waals surface area contributed by atoms with E-state index >= 15 is 0 Å². The van der Waals surface area contributed by atoms with Gasteiger partial charge in [-0.1, -0.05) is 6.42 Å². The predicted molar refractivity (Wildman–Crippen MR) is 45.0 cm³/mol. The third-order valence-electron chi connectivity index (χ3n) is 2.45. The smallest absolute Gasteiger partial charge is 0.0740 e. The van der Waals surface area contributed by atoms with Crippen LogP contribution >= 0.6 is 0 Å². The number of methoxy groups -OCH3 is 1. The highest BCUT2D eigenvalue weighted by molar-refractivity contribution is 4.79. The summed E-state index contributed by atoms with van der Waals surface area (Å²) >= 11 is 0. The van der Waals surface area contributed by atoms with Crippen LogP contribution in [0.2, 0.25) is 0 Å². The molecule has 1 aliphatic rings. The predicted octanol–water partition coefficient (Wildman–Crippen LogP) is 0.607. The summed E-state index contributed by atoms with van der Waals surface area (Å²) in [5, 5.41) is 1.70. The lowest BCUT2D eigenvalue weighted by molar-refractivity contribution is -0.000651. The minimum atomic E-state index is 0.346. The Morgan fingerprint density at radius 2 is 2.27 bits per heavy atom. The zero-order valence-corrected chi connectivity index (χ0v) is 7.42. The highest BCUT2D eigenvalue weighted by Gasteiger charge is 2.27. The van der Waals surface area contributed by atoms with Gasteiger partial charge in [0.15, 0.2) is 0 Å². The monoisotopic (exact) mass is 158 g/mol. The Labute approximate surface area is 68.5 Å². The molecule has 0 spiro atoms. The molecular formula is C8H18N2O. The van der Waals surface area contributed by atoms with Crippen LogP contribution in [0.5, 0.6) is 0 Å². The minimum Gasteiger partial charge on any atom is -0.380 e. The number of nitrogens with zero attached hydrogens (tertiary/aromatic N) is 1. The van der Waals surface area contributed by atoms with Crippen LogP contribution < -0.4 is 5.84 Å². The first-order valence-electron chi connectivity index (χ1n) is 4.22. The van der Waals surface area contributed by atoms with Crippen molar-refractivity contribution in [1.82, 2.24) is 5.01 Å². The molecule has 1 saturated carbocycles. The van der Waals surface area contributed by atoms with Gasteiger partial charge in [-0.15, -0.1) is 0 Å². The van der Waals surface area contributed by atoms with Crippen molar-refractivity contribution in [2.24, 2.45) is 11.8 Å². The fraction of sp³-hybridized carbons (Fsp3) is 1.00. The van der Waals surface area contributed by atoms with Crippen LogP contribution in [0, 0.1) is 5.92 Å². The molecule has 0 saturated heterocycles. The van der Waals surface area contributed by atoms with Crippen molar-refractivity contribution < 1.29 is 4.74 Å². The molecule has 0 aromatic carbocycles. The minimum absolute atomic E-state index is 0.346. The number of likely N-dealkylation sites (N-methyl/N-ethyl adjacent to an activating group) is 1. The summed E-state index contributed by atoms with van der Waals surface area (Å²) in [6, 6.07) is 0. The lowest BCUT2D eigenvalue weighted by atomic mass is 9.81. The van der Waals surface area contributed by atoms with E-state index in [1.807, 2.05) is 7.05 Å². The molecule has 0 aromatic heterocycles. The number of ether oxygens (including phenoxy) is 1.